The second-order valence-corrected chi connectivity index (χ2v) is 6.71. The molecule has 0 saturated carbocycles. The third kappa shape index (κ3) is 4.55. The van der Waals surface area contributed by atoms with Crippen molar-refractivity contribution < 1.29 is 14.7 Å². The topological polar surface area (TPSA) is 70.5 Å². The third-order valence-electron chi connectivity index (χ3n) is 4.85. The van der Waals surface area contributed by atoms with Gasteiger partial charge in [-0.2, -0.15) is 0 Å². The van der Waals surface area contributed by atoms with Crippen molar-refractivity contribution in [1.82, 2.24) is 9.88 Å². The fourth-order valence-corrected chi connectivity index (χ4v) is 3.39. The number of carbonyl (C=O) groups is 2. The summed E-state index contributed by atoms with van der Waals surface area (Å²) in [6.45, 7) is 0.908. The van der Waals surface area contributed by atoms with Crippen molar-refractivity contribution >= 4 is 11.7 Å². The Balaban J connectivity index is 1.59. The lowest BCUT2D eigenvalue weighted by Crippen LogP contribution is -2.42. The minimum atomic E-state index is -0.193. The Morgan fingerprint density at radius 1 is 1.12 bits per heavy atom. The number of aryl methyl sites for hydroxylation is 1. The first-order chi connectivity index (χ1) is 12.7. The number of piperidine rings is 1. The number of ketones is 1. The molecule has 2 heterocycles. The summed E-state index contributed by atoms with van der Waals surface area (Å²) in [5, 5.41) is 9.19. The molecule has 0 spiro atoms. The first kappa shape index (κ1) is 18.3. The molecule has 1 aliphatic heterocycles. The summed E-state index contributed by atoms with van der Waals surface area (Å²) >= 11 is 0. The number of benzene rings is 1. The monoisotopic (exact) mass is 352 g/mol. The number of carbonyl (C=O) groups excluding carboxylic acids is 2. The lowest BCUT2D eigenvalue weighted by atomic mass is 9.90. The summed E-state index contributed by atoms with van der Waals surface area (Å²) in [5.74, 6) is -0.0401. The SMILES string of the molecule is O=C(CCc1ccccc1)C1CCCN(C(=O)c2cccc(CO)n2)C1. The van der Waals surface area contributed by atoms with Crippen LogP contribution in [0.1, 0.15) is 41.0 Å². The zero-order valence-electron chi connectivity index (χ0n) is 14.8. The number of likely N-dealkylation sites (tertiary alicyclic amines) is 1. The Morgan fingerprint density at radius 2 is 1.92 bits per heavy atom. The molecule has 1 saturated heterocycles. The van der Waals surface area contributed by atoms with E-state index in [-0.39, 0.29) is 24.2 Å². The molecule has 2 aromatic rings. The van der Waals surface area contributed by atoms with Gasteiger partial charge in [-0.25, -0.2) is 4.98 Å². The number of aromatic nitrogens is 1. The molecular weight excluding hydrogens is 328 g/mol. The van der Waals surface area contributed by atoms with E-state index in [4.69, 9.17) is 0 Å². The van der Waals surface area contributed by atoms with E-state index in [2.05, 4.69) is 4.98 Å². The van der Waals surface area contributed by atoms with Gasteiger partial charge in [-0.1, -0.05) is 36.4 Å². The molecule has 1 aliphatic rings. The van der Waals surface area contributed by atoms with E-state index in [1.54, 1.807) is 23.1 Å². The highest BCUT2D eigenvalue weighted by Crippen LogP contribution is 2.21. The van der Waals surface area contributed by atoms with Crippen LogP contribution in [0.3, 0.4) is 0 Å². The molecule has 3 rings (SSSR count). The fraction of sp³-hybridized carbons (Fsp3) is 0.381. The molecule has 0 bridgehead atoms. The number of nitrogens with zero attached hydrogens (tertiary/aromatic N) is 2. The molecular formula is C21H24N2O3. The quantitative estimate of drug-likeness (QED) is 0.868. The largest absolute Gasteiger partial charge is 0.390 e. The number of amides is 1. The number of aliphatic hydroxyl groups is 1. The van der Waals surface area contributed by atoms with E-state index in [0.717, 1.165) is 24.8 Å². The maximum atomic E-state index is 12.7. The summed E-state index contributed by atoms with van der Waals surface area (Å²) in [6.07, 6.45) is 2.91. The van der Waals surface area contributed by atoms with Gasteiger partial charge in [-0.05, 0) is 37.0 Å². The summed E-state index contributed by atoms with van der Waals surface area (Å²) in [4.78, 5) is 31.2. The summed E-state index contributed by atoms with van der Waals surface area (Å²) in [7, 11) is 0. The van der Waals surface area contributed by atoms with Gasteiger partial charge in [0.1, 0.15) is 11.5 Å². The fourth-order valence-electron chi connectivity index (χ4n) is 3.39. The normalized spacial score (nSPS) is 17.1. The number of hydrogen-bond donors (Lipinski definition) is 1. The van der Waals surface area contributed by atoms with E-state index in [1.165, 1.54) is 0 Å². The maximum Gasteiger partial charge on any atom is 0.272 e. The van der Waals surface area contributed by atoms with E-state index in [0.29, 0.717) is 30.9 Å². The van der Waals surface area contributed by atoms with Gasteiger partial charge >= 0.3 is 0 Å². The summed E-state index contributed by atoms with van der Waals surface area (Å²) < 4.78 is 0. The second-order valence-electron chi connectivity index (χ2n) is 6.71. The number of hydrogen-bond acceptors (Lipinski definition) is 4. The smallest absolute Gasteiger partial charge is 0.272 e. The van der Waals surface area contributed by atoms with Crippen LogP contribution in [0.5, 0.6) is 0 Å². The number of pyridine rings is 1. The first-order valence-corrected chi connectivity index (χ1v) is 9.10. The molecule has 1 N–H and O–H groups in total. The molecule has 5 nitrogen and oxygen atoms in total. The minimum Gasteiger partial charge on any atom is -0.390 e. The Labute approximate surface area is 153 Å². The zero-order valence-corrected chi connectivity index (χ0v) is 14.8. The van der Waals surface area contributed by atoms with Crippen molar-refractivity contribution in [3.63, 3.8) is 0 Å². The summed E-state index contributed by atoms with van der Waals surface area (Å²) in [5.41, 5.74) is 1.96. The van der Waals surface area contributed by atoms with Gasteiger partial charge in [0.25, 0.3) is 5.91 Å². The van der Waals surface area contributed by atoms with Crippen LogP contribution < -0.4 is 0 Å². The second kappa shape index (κ2) is 8.72. The number of Topliss-reactive ketones (excluding diaryl/α,β-unsaturated/α-hetero) is 1. The Bertz CT molecular complexity index is 761. The highest BCUT2D eigenvalue weighted by molar-refractivity contribution is 5.93. The maximum absolute atomic E-state index is 12.7. The Hall–Kier alpha value is -2.53. The molecule has 1 unspecified atom stereocenters. The van der Waals surface area contributed by atoms with E-state index >= 15 is 0 Å². The van der Waals surface area contributed by atoms with Crippen LogP contribution in [-0.2, 0) is 17.8 Å². The van der Waals surface area contributed by atoms with Crippen molar-refractivity contribution in [1.29, 1.82) is 0 Å². The van der Waals surface area contributed by atoms with Gasteiger partial charge in [-0.15, -0.1) is 0 Å². The van der Waals surface area contributed by atoms with Crippen LogP contribution in [-0.4, -0.2) is 39.8 Å². The van der Waals surface area contributed by atoms with Gasteiger partial charge in [0.2, 0.25) is 0 Å². The van der Waals surface area contributed by atoms with Crippen LogP contribution in [0.4, 0.5) is 0 Å². The number of rotatable bonds is 6. The van der Waals surface area contributed by atoms with Crippen LogP contribution in [0, 0.1) is 5.92 Å². The molecule has 1 aromatic carbocycles. The Morgan fingerprint density at radius 3 is 2.69 bits per heavy atom. The zero-order chi connectivity index (χ0) is 18.4. The van der Waals surface area contributed by atoms with Crippen molar-refractivity contribution in [3.05, 3.63) is 65.5 Å². The number of aliphatic hydroxyl groups excluding tert-OH is 1. The van der Waals surface area contributed by atoms with Gasteiger partial charge in [0.15, 0.2) is 0 Å². The van der Waals surface area contributed by atoms with Crippen LogP contribution in [0.25, 0.3) is 0 Å². The minimum absolute atomic E-state index is 0.0996. The van der Waals surface area contributed by atoms with Gasteiger partial charge in [0.05, 0.1) is 12.3 Å². The lowest BCUT2D eigenvalue weighted by Gasteiger charge is -2.32. The van der Waals surface area contributed by atoms with E-state index in [9.17, 15) is 14.7 Å². The van der Waals surface area contributed by atoms with Crippen molar-refractivity contribution in [2.45, 2.75) is 32.3 Å². The molecule has 1 fully saturated rings. The molecule has 136 valence electrons. The van der Waals surface area contributed by atoms with Crippen molar-refractivity contribution in [3.8, 4) is 0 Å². The van der Waals surface area contributed by atoms with Gasteiger partial charge < -0.3 is 10.0 Å². The standard InChI is InChI=1S/C21H24N2O3/c24-15-18-9-4-10-19(22-18)21(26)23-13-5-8-17(14-23)20(25)12-11-16-6-2-1-3-7-16/h1-4,6-7,9-10,17,24H,5,8,11-15H2. The van der Waals surface area contributed by atoms with Crippen molar-refractivity contribution in [2.75, 3.05) is 13.1 Å². The molecule has 5 heteroatoms. The third-order valence-corrected chi connectivity index (χ3v) is 4.85. The average Bonchev–Trinajstić information content (AvgIpc) is 2.72. The lowest BCUT2D eigenvalue weighted by molar-refractivity contribution is -0.124. The predicted molar refractivity (Wildman–Crippen MR) is 98.6 cm³/mol. The Kier molecular flexibility index (Phi) is 6.12. The molecule has 1 amide bonds. The molecule has 26 heavy (non-hydrogen) atoms. The predicted octanol–water partition coefficient (Wildman–Crippen LogP) is 2.63. The molecule has 1 atom stereocenters. The van der Waals surface area contributed by atoms with E-state index in [1.807, 2.05) is 30.3 Å². The molecule has 0 aliphatic carbocycles. The average molecular weight is 352 g/mol. The molecule has 0 radical (unpaired) electrons. The first-order valence-electron chi connectivity index (χ1n) is 9.10. The van der Waals surface area contributed by atoms with Crippen LogP contribution in [0.2, 0.25) is 0 Å². The van der Waals surface area contributed by atoms with Crippen molar-refractivity contribution in [2.24, 2.45) is 5.92 Å². The van der Waals surface area contributed by atoms with Gasteiger partial charge in [0, 0.05) is 25.4 Å². The highest BCUT2D eigenvalue weighted by atomic mass is 16.3. The van der Waals surface area contributed by atoms with Crippen LogP contribution in [0.15, 0.2) is 48.5 Å². The van der Waals surface area contributed by atoms with Gasteiger partial charge in [-0.3, -0.25) is 9.59 Å². The highest BCUT2D eigenvalue weighted by Gasteiger charge is 2.29. The molecule has 1 aromatic heterocycles. The summed E-state index contributed by atoms with van der Waals surface area (Å²) in [6, 6.07) is 15.1. The van der Waals surface area contributed by atoms with E-state index < -0.39 is 0 Å². The van der Waals surface area contributed by atoms with Crippen LogP contribution >= 0.6 is 0 Å².